The van der Waals surface area contributed by atoms with Crippen molar-refractivity contribution in [1.82, 2.24) is 9.88 Å². The Morgan fingerprint density at radius 2 is 1.68 bits per heavy atom. The topological polar surface area (TPSA) is 85.8 Å². The van der Waals surface area contributed by atoms with Crippen LogP contribution in [0, 0.1) is 5.92 Å². The quantitative estimate of drug-likeness (QED) is 0.454. The molecule has 0 aliphatic carbocycles. The van der Waals surface area contributed by atoms with Crippen LogP contribution in [0.4, 0.5) is 11.5 Å². The van der Waals surface area contributed by atoms with Crippen LogP contribution in [0.2, 0.25) is 0 Å². The normalized spacial score (nSPS) is 19.1. The standard InChI is InChI=1S/C30H34N4O3/c35-29-26(24-6-2-1-3-7-24)15-19-34(29)27(30(36)37)20-22-9-11-25(12-10-22)33-17-13-23(14-18-33)21-32-28-8-4-5-16-31-28/h1-12,16,23,26-27H,13-15,17-21H2,(H,31,32)(H,36,37). The number of pyridine rings is 1. The lowest BCUT2D eigenvalue weighted by molar-refractivity contribution is -0.148. The zero-order valence-corrected chi connectivity index (χ0v) is 21.0. The van der Waals surface area contributed by atoms with Gasteiger partial charge in [0.2, 0.25) is 5.91 Å². The maximum absolute atomic E-state index is 13.1. The molecule has 2 fully saturated rings. The zero-order chi connectivity index (χ0) is 25.6. The lowest BCUT2D eigenvalue weighted by Crippen LogP contribution is -2.44. The van der Waals surface area contributed by atoms with Crippen LogP contribution in [0.25, 0.3) is 0 Å². The molecule has 37 heavy (non-hydrogen) atoms. The fraction of sp³-hybridized carbons (Fsp3) is 0.367. The van der Waals surface area contributed by atoms with E-state index in [4.69, 9.17) is 0 Å². The van der Waals surface area contributed by atoms with Gasteiger partial charge in [-0.2, -0.15) is 0 Å². The highest BCUT2D eigenvalue weighted by molar-refractivity contribution is 5.90. The van der Waals surface area contributed by atoms with E-state index < -0.39 is 12.0 Å². The summed E-state index contributed by atoms with van der Waals surface area (Å²) in [6.07, 6.45) is 4.99. The van der Waals surface area contributed by atoms with Gasteiger partial charge in [0.15, 0.2) is 0 Å². The number of hydrogen-bond donors (Lipinski definition) is 2. The predicted molar refractivity (Wildman–Crippen MR) is 145 cm³/mol. The molecule has 2 saturated heterocycles. The first kappa shape index (κ1) is 24.8. The largest absolute Gasteiger partial charge is 0.480 e. The first-order chi connectivity index (χ1) is 18.1. The van der Waals surface area contributed by atoms with E-state index >= 15 is 0 Å². The van der Waals surface area contributed by atoms with Gasteiger partial charge in [-0.1, -0.05) is 48.5 Å². The van der Waals surface area contributed by atoms with Gasteiger partial charge in [0.1, 0.15) is 11.9 Å². The molecule has 3 heterocycles. The molecule has 2 N–H and O–H groups in total. The molecular weight excluding hydrogens is 464 g/mol. The molecule has 2 aliphatic rings. The number of carbonyl (C=O) groups is 2. The summed E-state index contributed by atoms with van der Waals surface area (Å²) in [5.41, 5.74) is 3.05. The molecule has 2 unspecified atom stereocenters. The zero-order valence-electron chi connectivity index (χ0n) is 21.0. The summed E-state index contributed by atoms with van der Waals surface area (Å²) in [6.45, 7) is 3.39. The van der Waals surface area contributed by atoms with E-state index in [9.17, 15) is 14.7 Å². The number of carbonyl (C=O) groups excluding carboxylic acids is 1. The summed E-state index contributed by atoms with van der Waals surface area (Å²) in [7, 11) is 0. The van der Waals surface area contributed by atoms with Gasteiger partial charge in [-0.3, -0.25) is 4.79 Å². The van der Waals surface area contributed by atoms with Crippen LogP contribution in [-0.2, 0) is 16.0 Å². The minimum absolute atomic E-state index is 0.0874. The predicted octanol–water partition coefficient (Wildman–Crippen LogP) is 4.42. The van der Waals surface area contributed by atoms with E-state index in [0.29, 0.717) is 25.3 Å². The molecule has 2 atom stereocenters. The third-order valence-corrected chi connectivity index (χ3v) is 7.68. The van der Waals surface area contributed by atoms with Crippen LogP contribution in [0.3, 0.4) is 0 Å². The number of nitrogens with zero attached hydrogens (tertiary/aromatic N) is 3. The number of rotatable bonds is 9. The van der Waals surface area contributed by atoms with Crippen molar-refractivity contribution >= 4 is 23.4 Å². The van der Waals surface area contributed by atoms with E-state index in [1.807, 2.05) is 60.7 Å². The summed E-state index contributed by atoms with van der Waals surface area (Å²) in [5, 5.41) is 13.4. The number of amides is 1. The van der Waals surface area contributed by atoms with E-state index in [1.54, 1.807) is 11.1 Å². The second-order valence-electron chi connectivity index (χ2n) is 10.0. The second-order valence-corrected chi connectivity index (χ2v) is 10.0. The number of aliphatic carboxylic acids is 1. The van der Waals surface area contributed by atoms with Crippen LogP contribution < -0.4 is 10.2 Å². The van der Waals surface area contributed by atoms with Gasteiger partial charge in [-0.15, -0.1) is 0 Å². The minimum atomic E-state index is -0.951. The summed E-state index contributed by atoms with van der Waals surface area (Å²) in [6, 6.07) is 22.9. The van der Waals surface area contributed by atoms with Crippen LogP contribution in [0.15, 0.2) is 79.0 Å². The number of hydrogen-bond acceptors (Lipinski definition) is 5. The lowest BCUT2D eigenvalue weighted by Gasteiger charge is -2.34. The summed E-state index contributed by atoms with van der Waals surface area (Å²) in [4.78, 5) is 33.5. The van der Waals surface area contributed by atoms with E-state index in [0.717, 1.165) is 55.1 Å². The van der Waals surface area contributed by atoms with Crippen molar-refractivity contribution in [3.05, 3.63) is 90.1 Å². The molecule has 1 amide bonds. The fourth-order valence-corrected chi connectivity index (χ4v) is 5.51. The Labute approximate surface area is 218 Å². The Kier molecular flexibility index (Phi) is 7.68. The number of benzene rings is 2. The highest BCUT2D eigenvalue weighted by Crippen LogP contribution is 2.31. The Bertz CT molecular complexity index is 1180. The van der Waals surface area contributed by atoms with Crippen LogP contribution in [-0.4, -0.2) is 59.1 Å². The summed E-state index contributed by atoms with van der Waals surface area (Å²) < 4.78 is 0. The Morgan fingerprint density at radius 1 is 0.946 bits per heavy atom. The van der Waals surface area contributed by atoms with Crippen molar-refractivity contribution in [2.24, 2.45) is 5.92 Å². The molecule has 192 valence electrons. The Hall–Kier alpha value is -3.87. The van der Waals surface area contributed by atoms with Crippen molar-refractivity contribution in [3.8, 4) is 0 Å². The second kappa shape index (κ2) is 11.5. The first-order valence-corrected chi connectivity index (χ1v) is 13.2. The number of nitrogens with one attached hydrogen (secondary N) is 1. The molecule has 0 radical (unpaired) electrons. The maximum atomic E-state index is 13.1. The van der Waals surface area contributed by atoms with Gasteiger partial charge < -0.3 is 20.2 Å². The van der Waals surface area contributed by atoms with E-state index in [1.165, 1.54) is 0 Å². The average Bonchev–Trinajstić information content (AvgIpc) is 3.33. The van der Waals surface area contributed by atoms with Crippen LogP contribution in [0.5, 0.6) is 0 Å². The minimum Gasteiger partial charge on any atom is -0.480 e. The monoisotopic (exact) mass is 498 g/mol. The molecule has 2 aromatic carbocycles. The van der Waals surface area contributed by atoms with Crippen molar-refractivity contribution in [1.29, 1.82) is 0 Å². The van der Waals surface area contributed by atoms with Gasteiger partial charge in [0, 0.05) is 44.5 Å². The number of likely N-dealkylation sites (tertiary alicyclic amines) is 1. The number of carboxylic acids is 1. The lowest BCUT2D eigenvalue weighted by atomic mass is 9.96. The molecule has 7 heteroatoms. The number of carboxylic acid groups (broad SMARTS) is 1. The molecule has 2 aliphatic heterocycles. The Morgan fingerprint density at radius 3 is 2.35 bits per heavy atom. The molecular formula is C30H34N4O3. The van der Waals surface area contributed by atoms with Crippen LogP contribution in [0.1, 0.15) is 36.3 Å². The van der Waals surface area contributed by atoms with Gasteiger partial charge in [0.25, 0.3) is 0 Å². The third kappa shape index (κ3) is 5.93. The van der Waals surface area contributed by atoms with Gasteiger partial charge in [-0.25, -0.2) is 9.78 Å². The average molecular weight is 499 g/mol. The van der Waals surface area contributed by atoms with E-state index in [2.05, 4.69) is 27.3 Å². The summed E-state index contributed by atoms with van der Waals surface area (Å²) in [5.74, 6) is 0.244. The Balaban J connectivity index is 1.15. The molecule has 0 spiro atoms. The van der Waals surface area contributed by atoms with Crippen molar-refractivity contribution < 1.29 is 14.7 Å². The molecule has 0 bridgehead atoms. The van der Waals surface area contributed by atoms with Gasteiger partial charge >= 0.3 is 5.97 Å². The number of anilines is 2. The number of aromatic nitrogens is 1. The highest BCUT2D eigenvalue weighted by atomic mass is 16.4. The van der Waals surface area contributed by atoms with Crippen molar-refractivity contribution in [2.75, 3.05) is 36.4 Å². The smallest absolute Gasteiger partial charge is 0.326 e. The molecule has 3 aromatic rings. The molecule has 1 aromatic heterocycles. The number of piperidine rings is 1. The maximum Gasteiger partial charge on any atom is 0.326 e. The molecule has 7 nitrogen and oxygen atoms in total. The third-order valence-electron chi connectivity index (χ3n) is 7.68. The van der Waals surface area contributed by atoms with Gasteiger partial charge in [-0.05, 0) is 60.6 Å². The van der Waals surface area contributed by atoms with Crippen molar-refractivity contribution in [2.45, 2.75) is 37.6 Å². The van der Waals surface area contributed by atoms with Crippen molar-refractivity contribution in [3.63, 3.8) is 0 Å². The molecule has 0 saturated carbocycles. The van der Waals surface area contributed by atoms with Crippen LogP contribution >= 0.6 is 0 Å². The first-order valence-electron chi connectivity index (χ1n) is 13.2. The van der Waals surface area contributed by atoms with Gasteiger partial charge in [0.05, 0.1) is 5.92 Å². The molecule has 5 rings (SSSR count). The van der Waals surface area contributed by atoms with E-state index in [-0.39, 0.29) is 11.8 Å². The fourth-order valence-electron chi connectivity index (χ4n) is 5.51. The SMILES string of the molecule is O=C(O)C(Cc1ccc(N2CCC(CNc3ccccn3)CC2)cc1)N1CCC(c2ccccc2)C1=O. The highest BCUT2D eigenvalue weighted by Gasteiger charge is 2.39. The summed E-state index contributed by atoms with van der Waals surface area (Å²) >= 11 is 0.